The van der Waals surface area contributed by atoms with E-state index < -0.39 is 0 Å². The Kier molecular flexibility index (Phi) is 5.42. The molecule has 2 rings (SSSR count). The van der Waals surface area contributed by atoms with Gasteiger partial charge in [0.1, 0.15) is 5.75 Å². The topological polar surface area (TPSA) is 38.3 Å². The van der Waals surface area contributed by atoms with Crippen LogP contribution in [0.3, 0.4) is 0 Å². The SMILES string of the molecule is COc1ccc(C(=O)Nc2ccccc2C(C)Br)cc1Br. The minimum Gasteiger partial charge on any atom is -0.496 e. The number of methoxy groups -OCH3 is 1. The monoisotopic (exact) mass is 411 g/mol. The molecule has 1 N–H and O–H groups in total. The molecule has 110 valence electrons. The molecular weight excluding hydrogens is 398 g/mol. The van der Waals surface area contributed by atoms with Crippen molar-refractivity contribution in [3.63, 3.8) is 0 Å². The van der Waals surface area contributed by atoms with Crippen molar-refractivity contribution in [2.45, 2.75) is 11.8 Å². The van der Waals surface area contributed by atoms with Crippen molar-refractivity contribution < 1.29 is 9.53 Å². The molecule has 0 aliphatic heterocycles. The highest BCUT2D eigenvalue weighted by Gasteiger charge is 2.12. The fourth-order valence-electron chi connectivity index (χ4n) is 1.96. The van der Waals surface area contributed by atoms with Crippen molar-refractivity contribution >= 4 is 43.5 Å². The number of carbonyl (C=O) groups excluding carboxylic acids is 1. The average Bonchev–Trinajstić information content (AvgIpc) is 2.47. The van der Waals surface area contributed by atoms with Gasteiger partial charge in [0.15, 0.2) is 0 Å². The summed E-state index contributed by atoms with van der Waals surface area (Å²) >= 11 is 6.92. The van der Waals surface area contributed by atoms with Crippen LogP contribution < -0.4 is 10.1 Å². The Labute approximate surface area is 141 Å². The van der Waals surface area contributed by atoms with Gasteiger partial charge < -0.3 is 10.1 Å². The van der Waals surface area contributed by atoms with E-state index in [1.807, 2.05) is 31.2 Å². The number of hydrogen-bond donors (Lipinski definition) is 1. The van der Waals surface area contributed by atoms with Gasteiger partial charge in [-0.1, -0.05) is 34.1 Å². The molecule has 0 heterocycles. The van der Waals surface area contributed by atoms with Crippen LogP contribution in [0.5, 0.6) is 5.75 Å². The first kappa shape index (κ1) is 16.0. The molecule has 0 aromatic heterocycles. The van der Waals surface area contributed by atoms with E-state index in [0.29, 0.717) is 11.3 Å². The number of para-hydroxylation sites is 1. The summed E-state index contributed by atoms with van der Waals surface area (Å²) in [6, 6.07) is 13.0. The number of alkyl halides is 1. The second-order valence-electron chi connectivity index (χ2n) is 4.51. The first-order valence-electron chi connectivity index (χ1n) is 6.41. The van der Waals surface area contributed by atoms with Crippen LogP contribution >= 0.6 is 31.9 Å². The molecule has 5 heteroatoms. The molecule has 3 nitrogen and oxygen atoms in total. The Morgan fingerprint density at radius 2 is 1.95 bits per heavy atom. The zero-order valence-corrected chi connectivity index (χ0v) is 14.9. The number of rotatable bonds is 4. The quantitative estimate of drug-likeness (QED) is 0.703. The molecule has 0 aliphatic rings. The van der Waals surface area contributed by atoms with E-state index in [2.05, 4.69) is 37.2 Å². The van der Waals surface area contributed by atoms with Crippen LogP contribution in [0, 0.1) is 0 Å². The summed E-state index contributed by atoms with van der Waals surface area (Å²) < 4.78 is 5.91. The van der Waals surface area contributed by atoms with Crippen molar-refractivity contribution in [3.8, 4) is 5.75 Å². The molecule has 1 unspecified atom stereocenters. The molecule has 21 heavy (non-hydrogen) atoms. The number of carbonyl (C=O) groups is 1. The Morgan fingerprint density at radius 3 is 2.57 bits per heavy atom. The number of ether oxygens (including phenoxy) is 1. The number of anilines is 1. The first-order chi connectivity index (χ1) is 10.0. The van der Waals surface area contributed by atoms with Crippen LogP contribution in [0.1, 0.15) is 27.7 Å². The Morgan fingerprint density at radius 1 is 1.24 bits per heavy atom. The lowest BCUT2D eigenvalue weighted by Crippen LogP contribution is -2.13. The third kappa shape index (κ3) is 3.86. The molecule has 0 saturated carbocycles. The van der Waals surface area contributed by atoms with Crippen LogP contribution in [0.15, 0.2) is 46.9 Å². The lowest BCUT2D eigenvalue weighted by Gasteiger charge is -2.13. The van der Waals surface area contributed by atoms with Crippen LogP contribution in [0.4, 0.5) is 5.69 Å². The standard InChI is InChI=1S/C16H15Br2NO2/c1-10(17)12-5-3-4-6-14(12)19-16(20)11-7-8-15(21-2)13(18)9-11/h3-10H,1-2H3,(H,19,20). The third-order valence-corrected chi connectivity index (χ3v) is 4.16. The van der Waals surface area contributed by atoms with E-state index >= 15 is 0 Å². The van der Waals surface area contributed by atoms with Gasteiger partial charge in [-0.3, -0.25) is 4.79 Å². The molecule has 0 saturated heterocycles. The van der Waals surface area contributed by atoms with Crippen molar-refractivity contribution in [2.24, 2.45) is 0 Å². The van der Waals surface area contributed by atoms with Gasteiger partial charge in [-0.05, 0) is 52.7 Å². The Bertz CT molecular complexity index is 656. The summed E-state index contributed by atoms with van der Waals surface area (Å²) in [5, 5.41) is 2.94. The van der Waals surface area contributed by atoms with Crippen molar-refractivity contribution in [1.82, 2.24) is 0 Å². The molecule has 0 spiro atoms. The third-order valence-electron chi connectivity index (χ3n) is 3.05. The van der Waals surface area contributed by atoms with E-state index in [1.54, 1.807) is 25.3 Å². The first-order valence-corrected chi connectivity index (χ1v) is 8.11. The van der Waals surface area contributed by atoms with E-state index in [-0.39, 0.29) is 10.7 Å². The predicted octanol–water partition coefficient (Wildman–Crippen LogP) is 5.17. The summed E-state index contributed by atoms with van der Waals surface area (Å²) in [5.74, 6) is 0.542. The largest absolute Gasteiger partial charge is 0.496 e. The van der Waals surface area contributed by atoms with Crippen LogP contribution in [-0.2, 0) is 0 Å². The second-order valence-corrected chi connectivity index (χ2v) is 6.73. The van der Waals surface area contributed by atoms with Gasteiger partial charge in [0.05, 0.1) is 11.6 Å². The van der Waals surface area contributed by atoms with Crippen LogP contribution in [0.25, 0.3) is 0 Å². The normalized spacial score (nSPS) is 11.8. The van der Waals surface area contributed by atoms with Crippen molar-refractivity contribution in [1.29, 1.82) is 0 Å². The number of halogens is 2. The number of benzene rings is 2. The second kappa shape index (κ2) is 7.09. The summed E-state index contributed by atoms with van der Waals surface area (Å²) in [4.78, 5) is 12.5. The zero-order chi connectivity index (χ0) is 15.4. The summed E-state index contributed by atoms with van der Waals surface area (Å²) in [7, 11) is 1.59. The fraction of sp³-hybridized carbons (Fsp3) is 0.188. The number of amides is 1. The van der Waals surface area contributed by atoms with Gasteiger partial charge >= 0.3 is 0 Å². The predicted molar refractivity (Wildman–Crippen MR) is 92.4 cm³/mol. The minimum absolute atomic E-state index is 0.154. The van der Waals surface area contributed by atoms with Gasteiger partial charge in [-0.15, -0.1) is 0 Å². The Hall–Kier alpha value is -1.33. The maximum Gasteiger partial charge on any atom is 0.255 e. The highest BCUT2D eigenvalue weighted by molar-refractivity contribution is 9.10. The van der Waals surface area contributed by atoms with Crippen LogP contribution in [-0.4, -0.2) is 13.0 Å². The maximum atomic E-state index is 12.4. The molecule has 2 aromatic carbocycles. The molecule has 2 aromatic rings. The van der Waals surface area contributed by atoms with Gasteiger partial charge in [0, 0.05) is 16.1 Å². The molecule has 1 atom stereocenters. The molecule has 1 amide bonds. The number of nitrogens with one attached hydrogen (secondary N) is 1. The van der Waals surface area contributed by atoms with Gasteiger partial charge in [0.2, 0.25) is 0 Å². The highest BCUT2D eigenvalue weighted by atomic mass is 79.9. The molecule has 0 aliphatic carbocycles. The zero-order valence-electron chi connectivity index (χ0n) is 11.7. The molecule has 0 fully saturated rings. The van der Waals surface area contributed by atoms with Crippen molar-refractivity contribution in [3.05, 3.63) is 58.1 Å². The molecular formula is C16H15Br2NO2. The maximum absolute atomic E-state index is 12.4. The van der Waals surface area contributed by atoms with E-state index in [1.165, 1.54) is 0 Å². The average molecular weight is 413 g/mol. The minimum atomic E-state index is -0.154. The van der Waals surface area contributed by atoms with Crippen molar-refractivity contribution in [2.75, 3.05) is 12.4 Å². The lowest BCUT2D eigenvalue weighted by molar-refractivity contribution is 0.102. The summed E-state index contributed by atoms with van der Waals surface area (Å²) in [5.41, 5.74) is 2.41. The smallest absolute Gasteiger partial charge is 0.255 e. The molecule has 0 bridgehead atoms. The summed E-state index contributed by atoms with van der Waals surface area (Å²) in [6.45, 7) is 2.02. The van der Waals surface area contributed by atoms with E-state index in [0.717, 1.165) is 15.7 Å². The van der Waals surface area contributed by atoms with Gasteiger partial charge in [-0.25, -0.2) is 0 Å². The summed E-state index contributed by atoms with van der Waals surface area (Å²) in [6.07, 6.45) is 0. The lowest BCUT2D eigenvalue weighted by atomic mass is 10.1. The van der Waals surface area contributed by atoms with Crippen LogP contribution in [0.2, 0.25) is 0 Å². The number of hydrogen-bond acceptors (Lipinski definition) is 2. The molecule has 0 radical (unpaired) electrons. The van der Waals surface area contributed by atoms with Gasteiger partial charge in [-0.2, -0.15) is 0 Å². The van der Waals surface area contributed by atoms with Gasteiger partial charge in [0.25, 0.3) is 5.91 Å². The van der Waals surface area contributed by atoms with E-state index in [4.69, 9.17) is 4.74 Å². The fourth-order valence-corrected chi connectivity index (χ4v) is 2.90. The Balaban J connectivity index is 2.24. The highest BCUT2D eigenvalue weighted by Crippen LogP contribution is 2.30. The van der Waals surface area contributed by atoms with E-state index in [9.17, 15) is 4.79 Å².